The molecule has 1 aromatic carbocycles. The first-order chi connectivity index (χ1) is 19.2. The molecule has 4 aliphatic carbocycles. The Morgan fingerprint density at radius 2 is 1.73 bits per heavy atom. The van der Waals surface area contributed by atoms with E-state index in [-0.39, 0.29) is 5.41 Å². The Bertz CT molecular complexity index is 1190. The molecule has 7 unspecified atom stereocenters. The highest BCUT2D eigenvalue weighted by Gasteiger charge is 2.63. The number of anilines is 2. The molecule has 0 radical (unpaired) electrons. The van der Waals surface area contributed by atoms with Crippen LogP contribution in [0.2, 0.25) is 0 Å². The van der Waals surface area contributed by atoms with E-state index in [9.17, 15) is 0 Å². The average molecular weight is 561 g/mol. The Morgan fingerprint density at radius 1 is 0.976 bits per heavy atom. The van der Waals surface area contributed by atoms with Crippen LogP contribution in [0, 0.1) is 39.4 Å². The molecule has 0 spiro atoms. The third-order valence-electron chi connectivity index (χ3n) is 13.5. The summed E-state index contributed by atoms with van der Waals surface area (Å²) in [7, 11) is 0. The molecular weight excluding hydrogens is 500 g/mol. The summed E-state index contributed by atoms with van der Waals surface area (Å²) in [5, 5.41) is 0. The van der Waals surface area contributed by atoms with Crippen molar-refractivity contribution in [1.29, 1.82) is 0 Å². The third-order valence-corrected chi connectivity index (χ3v) is 13.5. The zero-order valence-electron chi connectivity index (χ0n) is 27.7. The second kappa shape index (κ2) is 11.1. The summed E-state index contributed by atoms with van der Waals surface area (Å²) in [6.45, 7) is 20.8. The standard InChI is InChI=1S/C38H60N2O/c1-25(2)10-9-11-26(3)29-16-21-38(8)31-14-15-33-35(4,5)34(41-23-19-27-12-13-28(39)24-32(27)40)18-20-36(33,6)30(31)17-22-37(29,38)7/h10,12-13,24,26,29,33-34H,9,11,14-23,39-40H2,1-8H3. The van der Waals surface area contributed by atoms with Crippen molar-refractivity contribution in [2.45, 2.75) is 132 Å². The predicted octanol–water partition coefficient (Wildman–Crippen LogP) is 9.91. The number of ether oxygens (including phenoxy) is 1. The maximum absolute atomic E-state index is 6.70. The fourth-order valence-electron chi connectivity index (χ4n) is 10.9. The van der Waals surface area contributed by atoms with Gasteiger partial charge in [-0.2, -0.15) is 0 Å². The van der Waals surface area contributed by atoms with Crippen molar-refractivity contribution >= 4 is 11.4 Å². The number of hydrogen-bond acceptors (Lipinski definition) is 3. The highest BCUT2D eigenvalue weighted by Crippen LogP contribution is 2.72. The molecule has 3 heteroatoms. The van der Waals surface area contributed by atoms with Gasteiger partial charge < -0.3 is 16.2 Å². The van der Waals surface area contributed by atoms with Crippen LogP contribution in [0.15, 0.2) is 41.0 Å². The quantitative estimate of drug-likeness (QED) is 0.246. The Labute approximate surface area is 252 Å². The number of allylic oxidation sites excluding steroid dienone is 4. The van der Waals surface area contributed by atoms with Crippen molar-refractivity contribution in [3.8, 4) is 0 Å². The highest BCUT2D eigenvalue weighted by molar-refractivity contribution is 5.56. The van der Waals surface area contributed by atoms with E-state index in [1.165, 1.54) is 63.4 Å². The Hall–Kier alpha value is -1.74. The van der Waals surface area contributed by atoms with E-state index in [1.807, 2.05) is 23.3 Å². The highest BCUT2D eigenvalue weighted by atomic mass is 16.5. The van der Waals surface area contributed by atoms with Crippen LogP contribution in [-0.2, 0) is 11.2 Å². The van der Waals surface area contributed by atoms with Gasteiger partial charge in [-0.05, 0) is 142 Å². The molecule has 2 fully saturated rings. The maximum atomic E-state index is 6.70. The molecule has 3 nitrogen and oxygen atoms in total. The molecule has 0 aliphatic heterocycles. The van der Waals surface area contributed by atoms with Crippen LogP contribution < -0.4 is 11.5 Å². The summed E-state index contributed by atoms with van der Waals surface area (Å²) in [4.78, 5) is 0. The topological polar surface area (TPSA) is 61.3 Å². The van der Waals surface area contributed by atoms with E-state index < -0.39 is 0 Å². The second-order valence-corrected chi connectivity index (χ2v) is 16.1. The molecule has 41 heavy (non-hydrogen) atoms. The zero-order chi connectivity index (χ0) is 29.8. The van der Waals surface area contributed by atoms with Gasteiger partial charge in [-0.15, -0.1) is 0 Å². The molecule has 0 aromatic heterocycles. The summed E-state index contributed by atoms with van der Waals surface area (Å²) in [5.74, 6) is 2.34. The van der Waals surface area contributed by atoms with Gasteiger partial charge in [0.2, 0.25) is 0 Å². The summed E-state index contributed by atoms with van der Waals surface area (Å²) in [6, 6.07) is 5.87. The van der Waals surface area contributed by atoms with Crippen molar-refractivity contribution in [2.24, 2.45) is 39.4 Å². The lowest BCUT2D eigenvalue weighted by atomic mass is 9.43. The maximum Gasteiger partial charge on any atom is 0.0629 e. The fraction of sp³-hybridized carbons (Fsp3) is 0.737. The Morgan fingerprint density at radius 3 is 2.44 bits per heavy atom. The SMILES string of the molecule is CC(C)=CCCC(C)C1CCC2(C)C3=C(CCC12C)C1(C)CCC(OCCc2ccc(N)cc2N)C(C)(C)C1CC3. The van der Waals surface area contributed by atoms with Crippen LogP contribution in [0.4, 0.5) is 11.4 Å². The number of nitrogen functional groups attached to an aromatic ring is 2. The van der Waals surface area contributed by atoms with Crippen molar-refractivity contribution in [3.05, 3.63) is 46.6 Å². The molecule has 0 heterocycles. The average Bonchev–Trinajstić information content (AvgIpc) is 3.17. The largest absolute Gasteiger partial charge is 0.399 e. The number of hydrogen-bond donors (Lipinski definition) is 2. The number of benzene rings is 1. The van der Waals surface area contributed by atoms with Crippen molar-refractivity contribution in [3.63, 3.8) is 0 Å². The van der Waals surface area contributed by atoms with Crippen LogP contribution in [0.5, 0.6) is 0 Å². The van der Waals surface area contributed by atoms with Gasteiger partial charge in [0.25, 0.3) is 0 Å². The second-order valence-electron chi connectivity index (χ2n) is 16.1. The summed E-state index contributed by atoms with van der Waals surface area (Å²) < 4.78 is 6.70. The van der Waals surface area contributed by atoms with Crippen LogP contribution >= 0.6 is 0 Å². The molecule has 5 rings (SSSR count). The first-order valence-electron chi connectivity index (χ1n) is 16.9. The fourth-order valence-corrected chi connectivity index (χ4v) is 10.9. The molecule has 0 bridgehead atoms. The van der Waals surface area contributed by atoms with Crippen molar-refractivity contribution in [2.75, 3.05) is 18.1 Å². The smallest absolute Gasteiger partial charge is 0.0629 e. The Kier molecular flexibility index (Phi) is 8.29. The van der Waals surface area contributed by atoms with E-state index in [1.54, 1.807) is 0 Å². The van der Waals surface area contributed by atoms with Crippen LogP contribution in [0.1, 0.15) is 125 Å². The lowest BCUT2D eigenvalue weighted by molar-refractivity contribution is -0.125. The minimum absolute atomic E-state index is 0.164. The van der Waals surface area contributed by atoms with Crippen molar-refractivity contribution < 1.29 is 4.74 Å². The van der Waals surface area contributed by atoms with Crippen LogP contribution in [0.3, 0.4) is 0 Å². The first-order valence-corrected chi connectivity index (χ1v) is 16.9. The van der Waals surface area contributed by atoms with Gasteiger partial charge in [0.05, 0.1) is 12.7 Å². The van der Waals surface area contributed by atoms with E-state index in [2.05, 4.69) is 67.5 Å². The van der Waals surface area contributed by atoms with E-state index in [0.29, 0.717) is 28.3 Å². The molecule has 4 aliphatic rings. The molecule has 7 atom stereocenters. The normalized spacial score (nSPS) is 36.7. The monoisotopic (exact) mass is 560 g/mol. The lowest BCUT2D eigenvalue weighted by Gasteiger charge is -2.62. The molecule has 4 N–H and O–H groups in total. The van der Waals surface area contributed by atoms with Crippen LogP contribution in [0.25, 0.3) is 0 Å². The number of nitrogens with two attached hydrogens (primary N) is 2. The summed E-state index contributed by atoms with van der Waals surface area (Å²) in [5.41, 5.74) is 21.3. The van der Waals surface area contributed by atoms with Gasteiger partial charge in [-0.3, -0.25) is 0 Å². The molecule has 228 valence electrons. The van der Waals surface area contributed by atoms with Gasteiger partial charge in [0.1, 0.15) is 0 Å². The molecular formula is C38H60N2O. The number of rotatable bonds is 8. The van der Waals surface area contributed by atoms with Crippen LogP contribution in [-0.4, -0.2) is 12.7 Å². The molecule has 0 saturated heterocycles. The zero-order valence-corrected chi connectivity index (χ0v) is 27.7. The lowest BCUT2D eigenvalue weighted by Crippen LogP contribution is -2.55. The molecule has 2 saturated carbocycles. The Balaban J connectivity index is 1.32. The van der Waals surface area contributed by atoms with E-state index in [0.717, 1.165) is 48.2 Å². The van der Waals surface area contributed by atoms with E-state index >= 15 is 0 Å². The van der Waals surface area contributed by atoms with E-state index in [4.69, 9.17) is 16.2 Å². The number of fused-ring (bicyclic) bond motifs is 4. The van der Waals surface area contributed by atoms with Crippen molar-refractivity contribution in [1.82, 2.24) is 0 Å². The van der Waals surface area contributed by atoms with Gasteiger partial charge in [0.15, 0.2) is 0 Å². The minimum atomic E-state index is 0.164. The molecule has 1 aromatic rings. The first kappa shape index (κ1) is 30.7. The third kappa shape index (κ3) is 5.11. The summed E-state index contributed by atoms with van der Waals surface area (Å²) in [6.07, 6.45) is 16.7. The molecule has 0 amide bonds. The van der Waals surface area contributed by atoms with Gasteiger partial charge >= 0.3 is 0 Å². The van der Waals surface area contributed by atoms with Gasteiger partial charge in [0, 0.05) is 11.4 Å². The van der Waals surface area contributed by atoms with Gasteiger partial charge in [-0.1, -0.05) is 70.4 Å². The predicted molar refractivity (Wildman–Crippen MR) is 176 cm³/mol. The van der Waals surface area contributed by atoms with Gasteiger partial charge in [-0.25, -0.2) is 0 Å². The minimum Gasteiger partial charge on any atom is -0.399 e. The summed E-state index contributed by atoms with van der Waals surface area (Å²) >= 11 is 0.